The maximum Gasteiger partial charge on any atom is 0.358 e. The zero-order valence-electron chi connectivity index (χ0n) is 9.54. The van der Waals surface area contributed by atoms with Crippen LogP contribution in [0.5, 0.6) is 0 Å². The molecule has 94 valence electrons. The first-order chi connectivity index (χ1) is 8.60. The highest BCUT2D eigenvalue weighted by Gasteiger charge is 2.24. The van der Waals surface area contributed by atoms with Gasteiger partial charge in [-0.25, -0.2) is 9.78 Å². The third-order valence-corrected chi connectivity index (χ3v) is 2.29. The third-order valence-electron chi connectivity index (χ3n) is 2.29. The van der Waals surface area contributed by atoms with Crippen molar-refractivity contribution >= 4 is 23.6 Å². The molecule has 1 fully saturated rings. The highest BCUT2D eigenvalue weighted by Crippen LogP contribution is 2.11. The molecule has 8 heteroatoms. The van der Waals surface area contributed by atoms with Crippen molar-refractivity contribution < 1.29 is 19.1 Å². The second-order valence-corrected chi connectivity index (χ2v) is 3.58. The number of piperazine rings is 1. The number of aromatic nitrogens is 2. The van der Waals surface area contributed by atoms with Crippen LogP contribution in [0.2, 0.25) is 0 Å². The Morgan fingerprint density at radius 3 is 2.61 bits per heavy atom. The molecule has 1 aliphatic rings. The predicted molar refractivity (Wildman–Crippen MR) is 58.7 cm³/mol. The minimum Gasteiger partial charge on any atom is -0.464 e. The van der Waals surface area contributed by atoms with Crippen molar-refractivity contribution in [2.75, 3.05) is 25.1 Å². The van der Waals surface area contributed by atoms with Gasteiger partial charge in [-0.2, -0.15) is 0 Å². The van der Waals surface area contributed by atoms with Gasteiger partial charge in [-0.1, -0.05) is 0 Å². The molecule has 0 aromatic carbocycles. The first-order valence-corrected chi connectivity index (χ1v) is 5.08. The van der Waals surface area contributed by atoms with Gasteiger partial charge >= 0.3 is 5.97 Å². The molecule has 0 unspecified atom stereocenters. The summed E-state index contributed by atoms with van der Waals surface area (Å²) >= 11 is 0. The number of amides is 2. The number of carbonyl (C=O) groups excluding carboxylic acids is 3. The number of hydrogen-bond acceptors (Lipinski definition) is 7. The Morgan fingerprint density at radius 2 is 2.00 bits per heavy atom. The Kier molecular flexibility index (Phi) is 3.18. The zero-order chi connectivity index (χ0) is 13.1. The van der Waals surface area contributed by atoms with Crippen LogP contribution in [0.1, 0.15) is 10.5 Å². The molecule has 1 saturated heterocycles. The van der Waals surface area contributed by atoms with Crippen LogP contribution in [-0.2, 0) is 14.3 Å². The van der Waals surface area contributed by atoms with Crippen LogP contribution in [0.3, 0.4) is 0 Å². The average Bonchev–Trinajstić information content (AvgIpc) is 2.37. The second-order valence-electron chi connectivity index (χ2n) is 3.58. The molecule has 0 aliphatic carbocycles. The molecule has 0 spiro atoms. The van der Waals surface area contributed by atoms with Crippen molar-refractivity contribution in [3.63, 3.8) is 0 Å². The summed E-state index contributed by atoms with van der Waals surface area (Å²) in [5.41, 5.74) is 0.0217. The van der Waals surface area contributed by atoms with E-state index in [1.54, 1.807) is 0 Å². The minimum atomic E-state index is -0.628. The van der Waals surface area contributed by atoms with E-state index in [1.807, 2.05) is 0 Å². The lowest BCUT2D eigenvalue weighted by atomic mass is 10.3. The molecule has 18 heavy (non-hydrogen) atoms. The first kappa shape index (κ1) is 12.0. The van der Waals surface area contributed by atoms with Crippen molar-refractivity contribution in [1.29, 1.82) is 0 Å². The van der Waals surface area contributed by atoms with Gasteiger partial charge in [0.15, 0.2) is 5.69 Å². The number of rotatable bonds is 2. The Morgan fingerprint density at radius 1 is 1.33 bits per heavy atom. The lowest BCUT2D eigenvalue weighted by molar-refractivity contribution is -0.130. The van der Waals surface area contributed by atoms with Crippen molar-refractivity contribution in [2.24, 2.45) is 0 Å². The number of hydrogen-bond donors (Lipinski definition) is 1. The number of methoxy groups -OCH3 is 1. The van der Waals surface area contributed by atoms with Crippen LogP contribution in [-0.4, -0.2) is 48.0 Å². The van der Waals surface area contributed by atoms with Crippen LogP contribution < -0.4 is 10.2 Å². The van der Waals surface area contributed by atoms with E-state index in [0.29, 0.717) is 0 Å². The van der Waals surface area contributed by atoms with Crippen LogP contribution in [0.4, 0.5) is 5.82 Å². The van der Waals surface area contributed by atoms with Crippen LogP contribution >= 0.6 is 0 Å². The molecule has 1 aliphatic heterocycles. The maximum absolute atomic E-state index is 11.3. The average molecular weight is 250 g/mol. The Hall–Kier alpha value is -2.51. The van der Waals surface area contributed by atoms with Crippen molar-refractivity contribution in [1.82, 2.24) is 15.3 Å². The normalized spacial score (nSPS) is 15.3. The fraction of sp³-hybridized carbons (Fsp3) is 0.300. The van der Waals surface area contributed by atoms with Gasteiger partial charge in [0.2, 0.25) is 11.8 Å². The molecule has 8 nitrogen and oxygen atoms in total. The quantitative estimate of drug-likeness (QED) is 0.515. The predicted octanol–water partition coefficient (Wildman–Crippen LogP) is -1.27. The lowest BCUT2D eigenvalue weighted by Gasteiger charge is -2.26. The monoisotopic (exact) mass is 250 g/mol. The fourth-order valence-corrected chi connectivity index (χ4v) is 1.51. The van der Waals surface area contributed by atoms with E-state index in [9.17, 15) is 14.4 Å². The van der Waals surface area contributed by atoms with Gasteiger partial charge in [0.1, 0.15) is 5.82 Å². The summed E-state index contributed by atoms with van der Waals surface area (Å²) in [6, 6.07) is 0. The molecule has 2 rings (SSSR count). The first-order valence-electron chi connectivity index (χ1n) is 5.08. The van der Waals surface area contributed by atoms with Crippen LogP contribution in [0.15, 0.2) is 12.4 Å². The highest BCUT2D eigenvalue weighted by molar-refractivity contribution is 6.02. The zero-order valence-corrected chi connectivity index (χ0v) is 9.54. The molecule has 1 aromatic rings. The van der Waals surface area contributed by atoms with Gasteiger partial charge in [0.25, 0.3) is 0 Å². The molecule has 2 amide bonds. The van der Waals surface area contributed by atoms with Crippen molar-refractivity contribution in [3.05, 3.63) is 18.1 Å². The number of imide groups is 1. The maximum atomic E-state index is 11.3. The van der Waals surface area contributed by atoms with E-state index in [2.05, 4.69) is 20.0 Å². The minimum absolute atomic E-state index is 0.00888. The summed E-state index contributed by atoms with van der Waals surface area (Å²) in [7, 11) is 1.23. The SMILES string of the molecule is COC(=O)c1cncc(N2CC(=O)NC(=O)C2)n1. The van der Waals surface area contributed by atoms with E-state index in [4.69, 9.17) is 0 Å². The molecule has 1 N–H and O–H groups in total. The number of nitrogens with one attached hydrogen (secondary N) is 1. The molecule has 0 atom stereocenters. The number of carbonyl (C=O) groups is 3. The number of esters is 1. The van der Waals surface area contributed by atoms with Crippen molar-refractivity contribution in [3.8, 4) is 0 Å². The molecule has 0 radical (unpaired) electrons. The second kappa shape index (κ2) is 4.78. The topological polar surface area (TPSA) is 101 Å². The standard InChI is InChI=1S/C10H10N4O4/c1-18-10(17)6-2-11-3-7(12-6)14-4-8(15)13-9(16)5-14/h2-3H,4-5H2,1H3,(H,13,15,16). The van der Waals surface area contributed by atoms with E-state index in [1.165, 1.54) is 24.4 Å². The van der Waals surface area contributed by atoms with Crippen LogP contribution in [0, 0.1) is 0 Å². The molecule has 2 heterocycles. The van der Waals surface area contributed by atoms with E-state index in [0.717, 1.165) is 0 Å². The fourth-order valence-electron chi connectivity index (χ4n) is 1.51. The number of ether oxygens (including phenoxy) is 1. The van der Waals surface area contributed by atoms with Gasteiger partial charge in [0.05, 0.1) is 32.6 Å². The summed E-state index contributed by atoms with van der Waals surface area (Å²) in [5, 5.41) is 2.17. The number of nitrogens with zero attached hydrogens (tertiary/aromatic N) is 3. The summed E-state index contributed by atoms with van der Waals surface area (Å²) in [6.45, 7) is -0.0178. The molecular formula is C10H10N4O4. The summed E-state index contributed by atoms with van der Waals surface area (Å²) in [5.74, 6) is -1.19. The Labute approximate surface area is 102 Å². The molecule has 1 aromatic heterocycles. The Bertz CT molecular complexity index is 500. The summed E-state index contributed by atoms with van der Waals surface area (Å²) in [4.78, 5) is 43.0. The smallest absolute Gasteiger partial charge is 0.358 e. The van der Waals surface area contributed by atoms with Gasteiger partial charge in [-0.05, 0) is 0 Å². The highest BCUT2D eigenvalue weighted by atomic mass is 16.5. The van der Waals surface area contributed by atoms with Gasteiger partial charge < -0.3 is 9.64 Å². The summed E-state index contributed by atoms with van der Waals surface area (Å²) < 4.78 is 4.51. The van der Waals surface area contributed by atoms with E-state index < -0.39 is 17.8 Å². The third kappa shape index (κ3) is 2.42. The summed E-state index contributed by atoms with van der Waals surface area (Å²) in [6.07, 6.45) is 2.62. The lowest BCUT2D eigenvalue weighted by Crippen LogP contribution is -2.51. The van der Waals surface area contributed by atoms with E-state index >= 15 is 0 Å². The van der Waals surface area contributed by atoms with Gasteiger partial charge in [-0.3, -0.25) is 19.9 Å². The largest absolute Gasteiger partial charge is 0.464 e. The van der Waals surface area contributed by atoms with Gasteiger partial charge in [-0.15, -0.1) is 0 Å². The number of anilines is 1. The van der Waals surface area contributed by atoms with E-state index in [-0.39, 0.29) is 24.6 Å². The van der Waals surface area contributed by atoms with Gasteiger partial charge in [0, 0.05) is 0 Å². The molecule has 0 bridgehead atoms. The Balaban J connectivity index is 2.25. The molecular weight excluding hydrogens is 240 g/mol. The van der Waals surface area contributed by atoms with Crippen molar-refractivity contribution in [2.45, 2.75) is 0 Å². The molecule has 0 saturated carbocycles. The van der Waals surface area contributed by atoms with Crippen LogP contribution in [0.25, 0.3) is 0 Å².